The Hall–Kier alpha value is -2.18. The van der Waals surface area contributed by atoms with Crippen LogP contribution in [0.1, 0.15) is 19.4 Å². The minimum absolute atomic E-state index is 0.247. The minimum Gasteiger partial charge on any atom is -0.467 e. The van der Waals surface area contributed by atoms with Crippen molar-refractivity contribution >= 4 is 39.1 Å². The van der Waals surface area contributed by atoms with Crippen LogP contribution in [-0.2, 0) is 9.53 Å². The van der Waals surface area contributed by atoms with E-state index in [1.54, 1.807) is 12.1 Å². The fourth-order valence-corrected chi connectivity index (χ4v) is 3.65. The van der Waals surface area contributed by atoms with E-state index >= 15 is 0 Å². The van der Waals surface area contributed by atoms with Crippen molar-refractivity contribution in [1.29, 1.82) is 0 Å². The molecule has 0 saturated heterocycles. The van der Waals surface area contributed by atoms with E-state index in [0.717, 1.165) is 11.1 Å². The molecule has 0 aliphatic rings. The summed E-state index contributed by atoms with van der Waals surface area (Å²) in [6, 6.07) is 6.59. The number of methoxy groups -OCH3 is 1. The predicted molar refractivity (Wildman–Crippen MR) is 95.7 cm³/mol. The molecule has 0 fully saturated rings. The van der Waals surface area contributed by atoms with Crippen molar-refractivity contribution in [3.8, 4) is 11.1 Å². The number of hydrogen-bond acceptors (Lipinski definition) is 5. The number of thiophene rings is 1. The molecule has 2 aromatic heterocycles. The fraction of sp³-hybridized carbons (Fsp3) is 0.235. The van der Waals surface area contributed by atoms with Crippen LogP contribution in [0.4, 0.5) is 0 Å². The van der Waals surface area contributed by atoms with Crippen LogP contribution in [0.25, 0.3) is 21.3 Å². The first kappa shape index (κ1) is 16.7. The number of halogens is 1. The van der Waals surface area contributed by atoms with Gasteiger partial charge in [-0.2, -0.15) is 0 Å². The van der Waals surface area contributed by atoms with Crippen LogP contribution in [0.3, 0.4) is 0 Å². The van der Waals surface area contributed by atoms with Gasteiger partial charge in [-0.15, -0.1) is 11.3 Å². The van der Waals surface area contributed by atoms with Crippen LogP contribution in [0, 0.1) is 0 Å². The van der Waals surface area contributed by atoms with Crippen LogP contribution >= 0.6 is 22.9 Å². The van der Waals surface area contributed by atoms with Gasteiger partial charge in [0.2, 0.25) is 0 Å². The summed E-state index contributed by atoms with van der Waals surface area (Å²) in [5, 5.41) is 3.03. The zero-order valence-corrected chi connectivity index (χ0v) is 14.7. The van der Waals surface area contributed by atoms with E-state index in [2.05, 4.69) is 4.98 Å². The highest BCUT2D eigenvalue weighted by molar-refractivity contribution is 7.17. The lowest BCUT2D eigenvalue weighted by atomic mass is 10.1. The molecule has 0 aliphatic carbocycles. The zero-order valence-electron chi connectivity index (χ0n) is 13.2. The molecule has 124 valence electrons. The van der Waals surface area contributed by atoms with E-state index in [-0.39, 0.29) is 5.56 Å². The number of ether oxygens (including phenoxy) is 1. The third kappa shape index (κ3) is 2.83. The Morgan fingerprint density at radius 3 is 2.71 bits per heavy atom. The van der Waals surface area contributed by atoms with Crippen LogP contribution < -0.4 is 5.56 Å². The molecule has 0 amide bonds. The van der Waals surface area contributed by atoms with Crippen molar-refractivity contribution in [3.63, 3.8) is 0 Å². The van der Waals surface area contributed by atoms with Gasteiger partial charge >= 0.3 is 5.97 Å². The Bertz CT molecular complexity index is 947. The number of fused-ring (bicyclic) bond motifs is 1. The van der Waals surface area contributed by atoms with E-state index in [9.17, 15) is 9.59 Å². The topological polar surface area (TPSA) is 61.2 Å². The molecule has 0 spiro atoms. The van der Waals surface area contributed by atoms with E-state index in [4.69, 9.17) is 16.3 Å². The maximum atomic E-state index is 13.0. The lowest BCUT2D eigenvalue weighted by molar-refractivity contribution is -0.144. The summed E-state index contributed by atoms with van der Waals surface area (Å²) < 4.78 is 6.14. The smallest absolute Gasteiger partial charge is 0.329 e. The van der Waals surface area contributed by atoms with Crippen molar-refractivity contribution in [2.75, 3.05) is 7.11 Å². The Labute approximate surface area is 147 Å². The fourth-order valence-electron chi connectivity index (χ4n) is 2.62. The molecule has 0 saturated carbocycles. The summed E-state index contributed by atoms with van der Waals surface area (Å²) in [6.07, 6.45) is 1.86. The summed E-state index contributed by atoms with van der Waals surface area (Å²) in [5.74, 6) is -0.455. The third-order valence-corrected chi connectivity index (χ3v) is 5.01. The van der Waals surface area contributed by atoms with Gasteiger partial charge in [-0.05, 0) is 24.1 Å². The predicted octanol–water partition coefficient (Wildman–Crippen LogP) is 3.90. The molecule has 0 bridgehead atoms. The summed E-state index contributed by atoms with van der Waals surface area (Å²) in [4.78, 5) is 29.9. The summed E-state index contributed by atoms with van der Waals surface area (Å²) in [7, 11) is 1.31. The first-order valence-electron chi connectivity index (χ1n) is 7.39. The third-order valence-electron chi connectivity index (χ3n) is 3.87. The molecular formula is C17H15ClN2O3S. The van der Waals surface area contributed by atoms with Crippen molar-refractivity contribution in [2.45, 2.75) is 19.4 Å². The van der Waals surface area contributed by atoms with Gasteiger partial charge in [0, 0.05) is 16.0 Å². The largest absolute Gasteiger partial charge is 0.467 e. The number of esters is 1. The SMILES string of the molecule is CC[C@H](C(=O)OC)n1cnc2scc(-c3ccc(Cl)cc3)c2c1=O. The van der Waals surface area contributed by atoms with E-state index in [1.165, 1.54) is 29.3 Å². The molecular weight excluding hydrogens is 348 g/mol. The van der Waals surface area contributed by atoms with Gasteiger partial charge in [-0.1, -0.05) is 30.7 Å². The second kappa shape index (κ2) is 6.75. The van der Waals surface area contributed by atoms with Gasteiger partial charge in [0.05, 0.1) is 18.8 Å². The number of rotatable bonds is 4. The first-order valence-corrected chi connectivity index (χ1v) is 8.64. The van der Waals surface area contributed by atoms with Gasteiger partial charge in [-0.25, -0.2) is 9.78 Å². The molecule has 0 N–H and O–H groups in total. The zero-order chi connectivity index (χ0) is 17.3. The standard InChI is InChI=1S/C17H15ClN2O3S/c1-3-13(17(22)23-2)20-9-19-15-14(16(20)21)12(8-24-15)10-4-6-11(18)7-5-10/h4-9,13H,3H2,1-2H3/t13-/m1/s1. The van der Waals surface area contributed by atoms with E-state index < -0.39 is 12.0 Å². The molecule has 3 rings (SSSR count). The Morgan fingerprint density at radius 1 is 1.38 bits per heavy atom. The maximum Gasteiger partial charge on any atom is 0.329 e. The first-order chi connectivity index (χ1) is 11.6. The van der Waals surface area contributed by atoms with Crippen LogP contribution in [0.15, 0.2) is 40.8 Å². The molecule has 1 atom stereocenters. The highest BCUT2D eigenvalue weighted by Gasteiger charge is 2.23. The normalized spacial score (nSPS) is 12.3. The number of hydrogen-bond donors (Lipinski definition) is 0. The minimum atomic E-state index is -0.683. The average molecular weight is 363 g/mol. The number of carbonyl (C=O) groups excluding carboxylic acids is 1. The highest BCUT2D eigenvalue weighted by atomic mass is 35.5. The second-order valence-corrected chi connectivity index (χ2v) is 6.54. The Balaban J connectivity index is 2.21. The molecule has 5 nitrogen and oxygen atoms in total. The molecule has 0 unspecified atom stereocenters. The molecule has 0 radical (unpaired) electrons. The molecule has 2 heterocycles. The molecule has 7 heteroatoms. The summed E-state index contributed by atoms with van der Waals surface area (Å²) >= 11 is 7.33. The van der Waals surface area contributed by atoms with Crippen molar-refractivity contribution in [2.24, 2.45) is 0 Å². The maximum absolute atomic E-state index is 13.0. The van der Waals surface area contributed by atoms with Gasteiger partial charge in [0.1, 0.15) is 10.9 Å². The summed E-state index contributed by atoms with van der Waals surface area (Å²) in [6.45, 7) is 1.83. The summed E-state index contributed by atoms with van der Waals surface area (Å²) in [5.41, 5.74) is 1.43. The lowest BCUT2D eigenvalue weighted by Gasteiger charge is -2.15. The molecule has 0 aliphatic heterocycles. The Morgan fingerprint density at radius 2 is 2.08 bits per heavy atom. The number of aromatic nitrogens is 2. The lowest BCUT2D eigenvalue weighted by Crippen LogP contribution is -2.30. The van der Waals surface area contributed by atoms with Gasteiger partial charge in [0.15, 0.2) is 0 Å². The quantitative estimate of drug-likeness (QED) is 0.660. The van der Waals surface area contributed by atoms with Gasteiger partial charge < -0.3 is 4.74 Å². The van der Waals surface area contributed by atoms with Crippen molar-refractivity contribution in [3.05, 3.63) is 51.3 Å². The molecule has 24 heavy (non-hydrogen) atoms. The molecule has 3 aromatic rings. The number of nitrogens with zero attached hydrogens (tertiary/aromatic N) is 2. The van der Waals surface area contributed by atoms with Crippen molar-refractivity contribution < 1.29 is 9.53 Å². The monoisotopic (exact) mass is 362 g/mol. The van der Waals surface area contributed by atoms with Crippen molar-refractivity contribution in [1.82, 2.24) is 9.55 Å². The highest BCUT2D eigenvalue weighted by Crippen LogP contribution is 2.31. The molecule has 1 aromatic carbocycles. The Kier molecular flexibility index (Phi) is 4.69. The number of benzene rings is 1. The van der Waals surface area contributed by atoms with E-state index in [1.807, 2.05) is 24.4 Å². The number of carbonyl (C=O) groups is 1. The van der Waals surface area contributed by atoms with Crippen LogP contribution in [0.5, 0.6) is 0 Å². The average Bonchev–Trinajstić information content (AvgIpc) is 3.02. The van der Waals surface area contributed by atoms with Gasteiger partial charge in [-0.3, -0.25) is 9.36 Å². The van der Waals surface area contributed by atoms with Gasteiger partial charge in [0.25, 0.3) is 5.56 Å². The van der Waals surface area contributed by atoms with Crippen LogP contribution in [-0.4, -0.2) is 22.6 Å². The van der Waals surface area contributed by atoms with Crippen LogP contribution in [0.2, 0.25) is 5.02 Å². The van der Waals surface area contributed by atoms with E-state index in [0.29, 0.717) is 21.7 Å². The second-order valence-electron chi connectivity index (χ2n) is 5.24.